The molecule has 3 aromatic rings. The van der Waals surface area contributed by atoms with Gasteiger partial charge < -0.3 is 15.2 Å². The molecule has 1 atom stereocenters. The zero-order chi connectivity index (χ0) is 25.5. The fraction of sp³-hybridized carbons (Fsp3) is 0.310. The second-order valence-corrected chi connectivity index (χ2v) is 7.96. The molecule has 186 valence electrons. The fourth-order valence-corrected chi connectivity index (χ4v) is 3.95. The van der Waals surface area contributed by atoms with Gasteiger partial charge in [0, 0.05) is 6.42 Å². The third kappa shape index (κ3) is 7.77. The Morgan fingerprint density at radius 1 is 0.800 bits per heavy atom. The van der Waals surface area contributed by atoms with Crippen LogP contribution in [-0.2, 0) is 19.9 Å². The van der Waals surface area contributed by atoms with Crippen LogP contribution in [0.1, 0.15) is 43.4 Å². The van der Waals surface area contributed by atoms with Crippen molar-refractivity contribution in [1.82, 2.24) is 10.6 Å². The minimum absolute atomic E-state index is 0.00884. The molecule has 0 spiro atoms. The van der Waals surface area contributed by atoms with E-state index < -0.39 is 23.5 Å². The van der Waals surface area contributed by atoms with E-state index in [1.165, 1.54) is 7.11 Å². The number of carboxylic acids is 1. The first-order valence-corrected chi connectivity index (χ1v) is 11.9. The van der Waals surface area contributed by atoms with Gasteiger partial charge in [-0.25, -0.2) is 0 Å². The number of esters is 1. The molecule has 0 amide bonds. The normalized spacial score (nSPS) is 11.6. The molecule has 3 aromatic carbocycles. The van der Waals surface area contributed by atoms with E-state index >= 15 is 0 Å². The molecule has 0 aliphatic heterocycles. The SMILES string of the molecule is CCNCC.COC(=O)CCC(NC(c1ccccc1)(c1ccccc1)c1ccccc1)C(=O)O. The lowest BCUT2D eigenvalue weighted by Crippen LogP contribution is -2.52. The Labute approximate surface area is 208 Å². The fourth-order valence-electron chi connectivity index (χ4n) is 3.95. The lowest BCUT2D eigenvalue weighted by Gasteiger charge is -2.39. The smallest absolute Gasteiger partial charge is 0.320 e. The van der Waals surface area contributed by atoms with Crippen LogP contribution < -0.4 is 10.6 Å². The van der Waals surface area contributed by atoms with Gasteiger partial charge in [-0.3, -0.25) is 14.9 Å². The summed E-state index contributed by atoms with van der Waals surface area (Å²) in [6.45, 7) is 6.39. The van der Waals surface area contributed by atoms with Crippen LogP contribution in [0, 0.1) is 0 Å². The maximum absolute atomic E-state index is 12.2. The van der Waals surface area contributed by atoms with Crippen molar-refractivity contribution in [3.63, 3.8) is 0 Å². The summed E-state index contributed by atoms with van der Waals surface area (Å²) < 4.78 is 4.70. The van der Waals surface area contributed by atoms with Crippen LogP contribution in [0.3, 0.4) is 0 Å². The summed E-state index contributed by atoms with van der Waals surface area (Å²) in [5, 5.41) is 16.4. The largest absolute Gasteiger partial charge is 0.480 e. The van der Waals surface area contributed by atoms with Crippen molar-refractivity contribution >= 4 is 11.9 Å². The third-order valence-electron chi connectivity index (χ3n) is 5.67. The highest BCUT2D eigenvalue weighted by Crippen LogP contribution is 2.37. The van der Waals surface area contributed by atoms with Crippen molar-refractivity contribution in [2.75, 3.05) is 20.2 Å². The van der Waals surface area contributed by atoms with Crippen LogP contribution in [-0.4, -0.2) is 43.3 Å². The molecule has 0 fully saturated rings. The first-order valence-electron chi connectivity index (χ1n) is 11.9. The van der Waals surface area contributed by atoms with Crippen molar-refractivity contribution in [2.45, 2.75) is 38.3 Å². The molecule has 6 nitrogen and oxygen atoms in total. The molecule has 0 bridgehead atoms. The maximum Gasteiger partial charge on any atom is 0.320 e. The molecule has 0 aliphatic carbocycles. The van der Waals surface area contributed by atoms with Gasteiger partial charge >= 0.3 is 11.9 Å². The van der Waals surface area contributed by atoms with Gasteiger partial charge in [0.05, 0.1) is 12.6 Å². The predicted molar refractivity (Wildman–Crippen MR) is 139 cm³/mol. The van der Waals surface area contributed by atoms with Gasteiger partial charge in [0.25, 0.3) is 0 Å². The molecule has 1 unspecified atom stereocenters. The van der Waals surface area contributed by atoms with E-state index in [1.807, 2.05) is 91.0 Å². The van der Waals surface area contributed by atoms with Gasteiger partial charge in [0.1, 0.15) is 6.04 Å². The standard InChI is InChI=1S/C25H25NO4.C4H11N/c1-30-23(27)18-17-22(24(28)29)26-25(19-11-5-2-6-12-19,20-13-7-3-8-14-20)21-15-9-4-10-16-21;1-3-5-4-2/h2-16,22,26H,17-18H2,1H3,(H,28,29);5H,3-4H2,1-2H3. The van der Waals surface area contributed by atoms with Crippen LogP contribution in [0.5, 0.6) is 0 Å². The minimum atomic E-state index is -1.02. The highest BCUT2D eigenvalue weighted by Gasteiger charge is 2.39. The van der Waals surface area contributed by atoms with E-state index in [9.17, 15) is 14.7 Å². The molecule has 3 N–H and O–H groups in total. The summed E-state index contributed by atoms with van der Waals surface area (Å²) in [5.41, 5.74) is 1.81. The van der Waals surface area contributed by atoms with Gasteiger partial charge in [-0.05, 0) is 36.2 Å². The van der Waals surface area contributed by atoms with Gasteiger partial charge in [0.2, 0.25) is 0 Å². The number of hydrogen-bond donors (Lipinski definition) is 3. The van der Waals surface area contributed by atoms with Crippen molar-refractivity contribution < 1.29 is 19.4 Å². The van der Waals surface area contributed by atoms with Gasteiger partial charge in [-0.2, -0.15) is 0 Å². The first-order chi connectivity index (χ1) is 17.0. The lowest BCUT2D eigenvalue weighted by atomic mass is 9.76. The van der Waals surface area contributed by atoms with Gasteiger partial charge in [0.15, 0.2) is 0 Å². The maximum atomic E-state index is 12.2. The van der Waals surface area contributed by atoms with Crippen molar-refractivity contribution in [1.29, 1.82) is 0 Å². The molecule has 3 rings (SSSR count). The predicted octanol–water partition coefficient (Wildman–Crippen LogP) is 4.59. The summed E-state index contributed by atoms with van der Waals surface area (Å²) in [6, 6.07) is 28.3. The minimum Gasteiger partial charge on any atom is -0.480 e. The van der Waals surface area contributed by atoms with Crippen LogP contribution in [0.15, 0.2) is 91.0 Å². The molecule has 35 heavy (non-hydrogen) atoms. The molecule has 0 aliphatic rings. The van der Waals surface area contributed by atoms with Gasteiger partial charge in [-0.1, -0.05) is 105 Å². The molecule has 0 heterocycles. The zero-order valence-corrected chi connectivity index (χ0v) is 20.7. The van der Waals surface area contributed by atoms with Crippen LogP contribution in [0.25, 0.3) is 0 Å². The Hall–Kier alpha value is -3.48. The summed E-state index contributed by atoms with van der Waals surface area (Å²) >= 11 is 0. The van der Waals surface area contributed by atoms with E-state index in [1.54, 1.807) is 0 Å². The summed E-state index contributed by atoms with van der Waals surface area (Å²) in [6.07, 6.45) is 0.116. The van der Waals surface area contributed by atoms with E-state index in [2.05, 4.69) is 24.5 Å². The molecule has 0 radical (unpaired) electrons. The van der Waals surface area contributed by atoms with Crippen LogP contribution in [0.4, 0.5) is 0 Å². The molecule has 6 heteroatoms. The number of carbonyl (C=O) groups excluding carboxylic acids is 1. The Bertz CT molecular complexity index is 912. The lowest BCUT2D eigenvalue weighted by molar-refractivity contribution is -0.142. The molecule has 0 saturated carbocycles. The van der Waals surface area contributed by atoms with Crippen molar-refractivity contribution in [3.05, 3.63) is 108 Å². The Kier molecular flexibility index (Phi) is 11.7. The van der Waals surface area contributed by atoms with Crippen LogP contribution in [0.2, 0.25) is 0 Å². The molecule has 0 aromatic heterocycles. The number of nitrogens with one attached hydrogen (secondary N) is 2. The van der Waals surface area contributed by atoms with Crippen LogP contribution >= 0.6 is 0 Å². The second kappa shape index (κ2) is 14.7. The second-order valence-electron chi connectivity index (χ2n) is 7.96. The average Bonchev–Trinajstić information content (AvgIpc) is 2.91. The monoisotopic (exact) mass is 476 g/mol. The molecular weight excluding hydrogens is 440 g/mol. The quantitative estimate of drug-likeness (QED) is 0.277. The number of hydrogen-bond acceptors (Lipinski definition) is 5. The van der Waals surface area contributed by atoms with Gasteiger partial charge in [-0.15, -0.1) is 0 Å². The first kappa shape index (κ1) is 27.8. The Balaban J connectivity index is 0.000000784. The molecule has 0 saturated heterocycles. The highest BCUT2D eigenvalue weighted by molar-refractivity contribution is 5.76. The topological polar surface area (TPSA) is 87.7 Å². The summed E-state index contributed by atoms with van der Waals surface area (Å²) in [4.78, 5) is 23.8. The Morgan fingerprint density at radius 2 is 1.20 bits per heavy atom. The number of carboxylic acid groups (broad SMARTS) is 1. The average molecular weight is 477 g/mol. The number of carbonyl (C=O) groups is 2. The van der Waals surface area contributed by atoms with E-state index in [0.29, 0.717) is 0 Å². The number of ether oxygens (including phenoxy) is 1. The number of rotatable bonds is 11. The number of aliphatic carboxylic acids is 1. The number of methoxy groups -OCH3 is 1. The highest BCUT2D eigenvalue weighted by atomic mass is 16.5. The van der Waals surface area contributed by atoms with Crippen molar-refractivity contribution in [3.8, 4) is 0 Å². The molecular formula is C29H36N2O4. The summed E-state index contributed by atoms with van der Waals surface area (Å²) in [5.74, 6) is -1.46. The zero-order valence-electron chi connectivity index (χ0n) is 20.7. The van der Waals surface area contributed by atoms with E-state index in [0.717, 1.165) is 29.8 Å². The third-order valence-corrected chi connectivity index (χ3v) is 5.67. The van der Waals surface area contributed by atoms with E-state index in [4.69, 9.17) is 4.74 Å². The van der Waals surface area contributed by atoms with Crippen molar-refractivity contribution in [2.24, 2.45) is 0 Å². The van der Waals surface area contributed by atoms with E-state index in [-0.39, 0.29) is 12.8 Å². The number of benzene rings is 3. The Morgan fingerprint density at radius 3 is 1.49 bits per heavy atom. The summed E-state index contributed by atoms with van der Waals surface area (Å²) in [7, 11) is 1.30.